The van der Waals surface area contributed by atoms with E-state index in [9.17, 15) is 0 Å². The molecule has 0 spiro atoms. The molecule has 0 amide bonds. The maximum Gasteiger partial charge on any atom is 0.0244 e. The van der Waals surface area contributed by atoms with Crippen molar-refractivity contribution in [3.8, 4) is 0 Å². The molecular formula is C18H37N3. The first-order valence-electron chi connectivity index (χ1n) is 9.11. The molecule has 2 rings (SSSR count). The Hall–Kier alpha value is -0.120. The molecule has 0 aromatic carbocycles. The quantitative estimate of drug-likeness (QED) is 0.841. The minimum Gasteiger partial charge on any atom is -0.312 e. The van der Waals surface area contributed by atoms with Crippen molar-refractivity contribution in [3.05, 3.63) is 0 Å². The lowest BCUT2D eigenvalue weighted by atomic mass is 9.80. The Balaban J connectivity index is 1.82. The zero-order valence-electron chi connectivity index (χ0n) is 14.9. The second-order valence-electron chi connectivity index (χ2n) is 8.17. The number of piperazine rings is 1. The second-order valence-corrected chi connectivity index (χ2v) is 8.17. The zero-order valence-corrected chi connectivity index (χ0v) is 14.9. The highest BCUT2D eigenvalue weighted by Gasteiger charge is 2.28. The highest BCUT2D eigenvalue weighted by Crippen LogP contribution is 2.28. The summed E-state index contributed by atoms with van der Waals surface area (Å²) < 4.78 is 0. The van der Waals surface area contributed by atoms with Crippen LogP contribution < -0.4 is 5.32 Å². The molecule has 0 aromatic rings. The van der Waals surface area contributed by atoms with E-state index in [2.05, 4.69) is 49.9 Å². The fraction of sp³-hybridized carbons (Fsp3) is 1.00. The van der Waals surface area contributed by atoms with Crippen LogP contribution in [0.5, 0.6) is 0 Å². The van der Waals surface area contributed by atoms with Gasteiger partial charge in [0.1, 0.15) is 0 Å². The molecule has 1 aliphatic carbocycles. The van der Waals surface area contributed by atoms with Crippen LogP contribution in [-0.4, -0.2) is 61.7 Å². The predicted molar refractivity (Wildman–Crippen MR) is 91.7 cm³/mol. The standard InChI is InChI=1S/C18H37N3/c1-14(2)18(21-8-6-20(5)7-9-21)13-19-17-11-15(3)10-16(4)12-17/h14-19H,6-13H2,1-5H3. The van der Waals surface area contributed by atoms with Crippen molar-refractivity contribution >= 4 is 0 Å². The van der Waals surface area contributed by atoms with Crippen LogP contribution in [0.1, 0.15) is 47.0 Å². The Morgan fingerprint density at radius 1 is 0.952 bits per heavy atom. The number of rotatable bonds is 5. The van der Waals surface area contributed by atoms with E-state index in [1.165, 1.54) is 52.0 Å². The van der Waals surface area contributed by atoms with E-state index in [0.29, 0.717) is 6.04 Å². The molecule has 0 radical (unpaired) electrons. The molecule has 1 N–H and O–H groups in total. The van der Waals surface area contributed by atoms with Crippen molar-refractivity contribution in [2.45, 2.75) is 59.0 Å². The highest BCUT2D eigenvalue weighted by molar-refractivity contribution is 4.85. The molecule has 1 saturated carbocycles. The van der Waals surface area contributed by atoms with Crippen LogP contribution in [0.2, 0.25) is 0 Å². The molecule has 2 aliphatic rings. The third-order valence-corrected chi connectivity index (χ3v) is 5.57. The van der Waals surface area contributed by atoms with Gasteiger partial charge in [-0.3, -0.25) is 4.90 Å². The van der Waals surface area contributed by atoms with Crippen LogP contribution in [0.3, 0.4) is 0 Å². The normalized spacial score (nSPS) is 34.3. The van der Waals surface area contributed by atoms with E-state index in [0.717, 1.165) is 23.8 Å². The Labute approximate surface area is 132 Å². The van der Waals surface area contributed by atoms with Crippen molar-refractivity contribution in [1.29, 1.82) is 0 Å². The molecule has 0 bridgehead atoms. The Morgan fingerprint density at radius 2 is 1.52 bits per heavy atom. The van der Waals surface area contributed by atoms with Gasteiger partial charge in [-0.1, -0.05) is 27.7 Å². The fourth-order valence-corrected chi connectivity index (χ4v) is 4.34. The summed E-state index contributed by atoms with van der Waals surface area (Å²) >= 11 is 0. The van der Waals surface area contributed by atoms with Gasteiger partial charge in [-0.15, -0.1) is 0 Å². The third-order valence-electron chi connectivity index (χ3n) is 5.57. The van der Waals surface area contributed by atoms with E-state index in [-0.39, 0.29) is 0 Å². The van der Waals surface area contributed by atoms with Gasteiger partial charge in [0, 0.05) is 44.8 Å². The number of hydrogen-bond donors (Lipinski definition) is 1. The van der Waals surface area contributed by atoms with E-state index < -0.39 is 0 Å². The molecule has 3 atom stereocenters. The number of nitrogens with zero attached hydrogens (tertiary/aromatic N) is 2. The smallest absolute Gasteiger partial charge is 0.0244 e. The van der Waals surface area contributed by atoms with E-state index in [4.69, 9.17) is 0 Å². The second kappa shape index (κ2) is 7.94. The van der Waals surface area contributed by atoms with Gasteiger partial charge in [0.05, 0.1) is 0 Å². The lowest BCUT2D eigenvalue weighted by Crippen LogP contribution is -2.55. The average molecular weight is 296 g/mol. The van der Waals surface area contributed by atoms with Gasteiger partial charge in [-0.2, -0.15) is 0 Å². The minimum absolute atomic E-state index is 0.700. The summed E-state index contributed by atoms with van der Waals surface area (Å²) in [6, 6.07) is 1.45. The van der Waals surface area contributed by atoms with E-state index in [1.807, 2.05) is 0 Å². The van der Waals surface area contributed by atoms with E-state index >= 15 is 0 Å². The van der Waals surface area contributed by atoms with Crippen LogP contribution in [0.15, 0.2) is 0 Å². The molecule has 1 aliphatic heterocycles. The first-order chi connectivity index (χ1) is 9.95. The van der Waals surface area contributed by atoms with Gasteiger partial charge in [0.25, 0.3) is 0 Å². The summed E-state index contributed by atoms with van der Waals surface area (Å²) in [7, 11) is 2.24. The monoisotopic (exact) mass is 295 g/mol. The topological polar surface area (TPSA) is 18.5 Å². The van der Waals surface area contributed by atoms with Crippen LogP contribution in [-0.2, 0) is 0 Å². The van der Waals surface area contributed by atoms with Gasteiger partial charge in [0.2, 0.25) is 0 Å². The van der Waals surface area contributed by atoms with Crippen LogP contribution in [0.4, 0.5) is 0 Å². The highest BCUT2D eigenvalue weighted by atomic mass is 15.3. The van der Waals surface area contributed by atoms with E-state index in [1.54, 1.807) is 0 Å². The zero-order chi connectivity index (χ0) is 15.4. The van der Waals surface area contributed by atoms with Crippen molar-refractivity contribution < 1.29 is 0 Å². The number of likely N-dealkylation sites (N-methyl/N-ethyl adjacent to an activating group) is 1. The molecule has 21 heavy (non-hydrogen) atoms. The summed E-state index contributed by atoms with van der Waals surface area (Å²) in [6.07, 6.45) is 4.17. The average Bonchev–Trinajstić information content (AvgIpc) is 2.39. The Kier molecular flexibility index (Phi) is 6.51. The van der Waals surface area contributed by atoms with Crippen molar-refractivity contribution in [2.75, 3.05) is 39.8 Å². The van der Waals surface area contributed by atoms with Gasteiger partial charge in [-0.25, -0.2) is 0 Å². The maximum absolute atomic E-state index is 3.92. The summed E-state index contributed by atoms with van der Waals surface area (Å²) in [6.45, 7) is 15.7. The summed E-state index contributed by atoms with van der Waals surface area (Å²) in [4.78, 5) is 5.17. The van der Waals surface area contributed by atoms with Gasteiger partial charge >= 0.3 is 0 Å². The molecule has 3 heteroatoms. The summed E-state index contributed by atoms with van der Waals surface area (Å²) in [5.74, 6) is 2.53. The molecule has 2 fully saturated rings. The SMILES string of the molecule is CC1CC(C)CC(NCC(C(C)C)N2CCN(C)CC2)C1. The molecule has 124 valence electrons. The first kappa shape index (κ1) is 17.2. The van der Waals surface area contributed by atoms with Crippen molar-refractivity contribution in [2.24, 2.45) is 17.8 Å². The Morgan fingerprint density at radius 3 is 2.05 bits per heavy atom. The van der Waals surface area contributed by atoms with Crippen LogP contribution >= 0.6 is 0 Å². The Bertz CT molecular complexity index is 287. The minimum atomic E-state index is 0.700. The third kappa shape index (κ3) is 5.22. The lowest BCUT2D eigenvalue weighted by Gasteiger charge is -2.41. The number of hydrogen-bond acceptors (Lipinski definition) is 3. The summed E-state index contributed by atoms with van der Waals surface area (Å²) in [5.41, 5.74) is 0. The lowest BCUT2D eigenvalue weighted by molar-refractivity contribution is 0.0833. The van der Waals surface area contributed by atoms with Crippen molar-refractivity contribution in [3.63, 3.8) is 0 Å². The number of nitrogens with one attached hydrogen (secondary N) is 1. The van der Waals surface area contributed by atoms with Crippen LogP contribution in [0.25, 0.3) is 0 Å². The van der Waals surface area contributed by atoms with Gasteiger partial charge in [-0.05, 0) is 44.1 Å². The predicted octanol–water partition coefficient (Wildman–Crippen LogP) is 2.67. The van der Waals surface area contributed by atoms with Crippen LogP contribution in [0, 0.1) is 17.8 Å². The molecule has 1 heterocycles. The van der Waals surface area contributed by atoms with Crippen molar-refractivity contribution in [1.82, 2.24) is 15.1 Å². The van der Waals surface area contributed by atoms with Gasteiger partial charge < -0.3 is 10.2 Å². The maximum atomic E-state index is 3.92. The first-order valence-corrected chi connectivity index (χ1v) is 9.11. The molecule has 1 saturated heterocycles. The molecule has 3 unspecified atom stereocenters. The summed E-state index contributed by atoms with van der Waals surface area (Å²) in [5, 5.41) is 3.92. The molecule has 0 aromatic heterocycles. The molecular weight excluding hydrogens is 258 g/mol. The largest absolute Gasteiger partial charge is 0.312 e. The fourth-order valence-electron chi connectivity index (χ4n) is 4.34. The molecule has 3 nitrogen and oxygen atoms in total. The van der Waals surface area contributed by atoms with Gasteiger partial charge in [0.15, 0.2) is 0 Å².